The van der Waals surface area contributed by atoms with E-state index in [9.17, 15) is 9.59 Å². The normalized spacial score (nSPS) is 10.3. The van der Waals surface area contributed by atoms with Gasteiger partial charge in [0.2, 0.25) is 5.91 Å². The van der Waals surface area contributed by atoms with Crippen LogP contribution >= 0.6 is 0 Å². The average molecular weight is 236 g/mol. The van der Waals surface area contributed by atoms with Crippen molar-refractivity contribution in [3.05, 3.63) is 29.8 Å². The highest BCUT2D eigenvalue weighted by molar-refractivity contribution is 5.98. The molecule has 0 saturated carbocycles. The summed E-state index contributed by atoms with van der Waals surface area (Å²) in [5.74, 6) is 0.104. The van der Waals surface area contributed by atoms with Crippen LogP contribution < -0.4 is 10.5 Å². The van der Waals surface area contributed by atoms with Crippen LogP contribution in [0.15, 0.2) is 24.3 Å². The van der Waals surface area contributed by atoms with E-state index in [0.29, 0.717) is 11.3 Å². The van der Waals surface area contributed by atoms with Gasteiger partial charge in [-0.1, -0.05) is 12.1 Å². The molecule has 0 aromatic heterocycles. The number of methoxy groups -OCH3 is 1. The van der Waals surface area contributed by atoms with Gasteiger partial charge in [0.05, 0.1) is 20.2 Å². The first-order valence-corrected chi connectivity index (χ1v) is 5.17. The lowest BCUT2D eigenvalue weighted by Gasteiger charge is -2.13. The molecule has 0 fully saturated rings. The second-order valence-corrected chi connectivity index (χ2v) is 3.79. The fraction of sp³-hybridized carbons (Fsp3) is 0.333. The molecule has 0 radical (unpaired) electrons. The molecule has 0 spiro atoms. The minimum Gasteiger partial charge on any atom is -0.497 e. The maximum atomic E-state index is 11.9. The lowest BCUT2D eigenvalue weighted by molar-refractivity contribution is -0.118. The molecule has 0 saturated heterocycles. The summed E-state index contributed by atoms with van der Waals surface area (Å²) in [5.41, 5.74) is 5.60. The van der Waals surface area contributed by atoms with E-state index in [-0.39, 0.29) is 18.9 Å². The first-order valence-electron chi connectivity index (χ1n) is 5.17. The highest BCUT2D eigenvalue weighted by Crippen LogP contribution is 2.13. The maximum Gasteiger partial charge on any atom is 0.231 e. The number of carbonyl (C=O) groups is 2. The van der Waals surface area contributed by atoms with Crippen LogP contribution in [0.3, 0.4) is 0 Å². The van der Waals surface area contributed by atoms with Crippen LogP contribution in [0.5, 0.6) is 5.75 Å². The molecule has 0 atom stereocenters. The number of hydrogen-bond acceptors (Lipinski definition) is 4. The monoisotopic (exact) mass is 236 g/mol. The predicted octanol–water partition coefficient (Wildman–Crippen LogP) is 0.295. The number of carbonyl (C=O) groups excluding carboxylic acids is 2. The van der Waals surface area contributed by atoms with Crippen molar-refractivity contribution in [2.24, 2.45) is 5.73 Å². The lowest BCUT2D eigenvalue weighted by atomic mass is 10.1. The molecule has 0 bridgehead atoms. The molecule has 0 heterocycles. The van der Waals surface area contributed by atoms with Crippen molar-refractivity contribution in [1.82, 2.24) is 4.90 Å². The molecule has 1 amide bonds. The number of hydrogen-bond donors (Lipinski definition) is 1. The molecule has 92 valence electrons. The van der Waals surface area contributed by atoms with Gasteiger partial charge in [0.25, 0.3) is 0 Å². The van der Waals surface area contributed by atoms with Crippen molar-refractivity contribution in [2.45, 2.75) is 0 Å². The summed E-state index contributed by atoms with van der Waals surface area (Å²) in [6.07, 6.45) is 0. The van der Waals surface area contributed by atoms with Crippen molar-refractivity contribution >= 4 is 11.7 Å². The Kier molecular flexibility index (Phi) is 4.66. The smallest absolute Gasteiger partial charge is 0.231 e. The number of amides is 1. The van der Waals surface area contributed by atoms with Crippen molar-refractivity contribution in [2.75, 3.05) is 27.2 Å². The molecule has 17 heavy (non-hydrogen) atoms. The molecule has 1 aromatic rings. The van der Waals surface area contributed by atoms with Gasteiger partial charge in [-0.3, -0.25) is 14.5 Å². The number of rotatable bonds is 6. The maximum absolute atomic E-state index is 11.9. The zero-order chi connectivity index (χ0) is 12.8. The van der Waals surface area contributed by atoms with Gasteiger partial charge < -0.3 is 10.5 Å². The topological polar surface area (TPSA) is 72.6 Å². The van der Waals surface area contributed by atoms with E-state index < -0.39 is 5.91 Å². The summed E-state index contributed by atoms with van der Waals surface area (Å²) in [6, 6.07) is 6.90. The van der Waals surface area contributed by atoms with Gasteiger partial charge >= 0.3 is 0 Å². The van der Waals surface area contributed by atoms with E-state index in [1.807, 2.05) is 0 Å². The van der Waals surface area contributed by atoms with Gasteiger partial charge in [0.1, 0.15) is 5.75 Å². The second-order valence-electron chi connectivity index (χ2n) is 3.79. The van der Waals surface area contributed by atoms with E-state index in [1.54, 1.807) is 43.3 Å². The molecule has 5 nitrogen and oxygen atoms in total. The molecular formula is C12H16N2O3. The van der Waals surface area contributed by atoms with Crippen LogP contribution in [-0.4, -0.2) is 43.8 Å². The Labute approximate surface area is 100 Å². The van der Waals surface area contributed by atoms with Gasteiger partial charge in [-0.25, -0.2) is 0 Å². The minimum atomic E-state index is -0.453. The number of Topliss-reactive ketones (excluding diaryl/α,β-unsaturated/α-hetero) is 1. The fourth-order valence-electron chi connectivity index (χ4n) is 1.45. The van der Waals surface area contributed by atoms with E-state index in [0.717, 1.165) is 0 Å². The second kappa shape index (κ2) is 6.00. The first-order chi connectivity index (χ1) is 8.02. The van der Waals surface area contributed by atoms with Crippen molar-refractivity contribution < 1.29 is 14.3 Å². The van der Waals surface area contributed by atoms with Crippen LogP contribution in [-0.2, 0) is 4.79 Å². The Morgan fingerprint density at radius 2 is 2.06 bits per heavy atom. The summed E-state index contributed by atoms with van der Waals surface area (Å²) in [6.45, 7) is 0.214. The van der Waals surface area contributed by atoms with Crippen molar-refractivity contribution in [3.8, 4) is 5.75 Å². The van der Waals surface area contributed by atoms with Crippen LogP contribution in [0.4, 0.5) is 0 Å². The Bertz CT molecular complexity index is 418. The number of benzene rings is 1. The fourth-order valence-corrected chi connectivity index (χ4v) is 1.45. The number of nitrogens with zero attached hydrogens (tertiary/aromatic N) is 1. The molecule has 1 rings (SSSR count). The Morgan fingerprint density at radius 1 is 1.35 bits per heavy atom. The zero-order valence-electron chi connectivity index (χ0n) is 9.97. The molecule has 0 unspecified atom stereocenters. The summed E-state index contributed by atoms with van der Waals surface area (Å²) in [4.78, 5) is 24.1. The minimum absolute atomic E-state index is 0.0652. The first kappa shape index (κ1) is 13.2. The molecule has 2 N–H and O–H groups in total. The van der Waals surface area contributed by atoms with Crippen molar-refractivity contribution in [3.63, 3.8) is 0 Å². The molecule has 1 aromatic carbocycles. The summed E-state index contributed by atoms with van der Waals surface area (Å²) >= 11 is 0. The molecule has 0 aliphatic carbocycles. The van der Waals surface area contributed by atoms with Gasteiger partial charge in [0, 0.05) is 5.56 Å². The Morgan fingerprint density at radius 3 is 2.65 bits per heavy atom. The van der Waals surface area contributed by atoms with Crippen LogP contribution in [0.1, 0.15) is 10.4 Å². The third-order valence-electron chi connectivity index (χ3n) is 2.23. The molecule has 0 aliphatic heterocycles. The van der Waals surface area contributed by atoms with Crippen LogP contribution in [0.2, 0.25) is 0 Å². The summed E-state index contributed by atoms with van der Waals surface area (Å²) < 4.78 is 5.03. The quantitative estimate of drug-likeness (QED) is 0.721. The third-order valence-corrected chi connectivity index (χ3v) is 2.23. The van der Waals surface area contributed by atoms with Gasteiger partial charge in [-0.15, -0.1) is 0 Å². The van der Waals surface area contributed by atoms with Crippen LogP contribution in [0, 0.1) is 0 Å². The number of nitrogens with two attached hydrogens (primary N) is 1. The van der Waals surface area contributed by atoms with E-state index in [4.69, 9.17) is 10.5 Å². The lowest BCUT2D eigenvalue weighted by Crippen LogP contribution is -2.34. The summed E-state index contributed by atoms with van der Waals surface area (Å²) in [7, 11) is 3.21. The third kappa shape index (κ3) is 4.24. The van der Waals surface area contributed by atoms with Gasteiger partial charge in [-0.2, -0.15) is 0 Å². The standard InChI is InChI=1S/C12H16N2O3/c1-14(8-12(13)16)7-11(15)9-4-3-5-10(6-9)17-2/h3-6H,7-8H2,1-2H3,(H2,13,16). The number of ether oxygens (including phenoxy) is 1. The van der Waals surface area contributed by atoms with Crippen molar-refractivity contribution in [1.29, 1.82) is 0 Å². The Hall–Kier alpha value is -1.88. The number of likely N-dealkylation sites (N-methyl/N-ethyl adjacent to an activating group) is 1. The molecule has 0 aliphatic rings. The zero-order valence-corrected chi connectivity index (χ0v) is 9.97. The number of primary amides is 1. The van der Waals surface area contributed by atoms with E-state index in [1.165, 1.54) is 0 Å². The van der Waals surface area contributed by atoms with Gasteiger partial charge in [0.15, 0.2) is 5.78 Å². The average Bonchev–Trinajstić information content (AvgIpc) is 2.27. The SMILES string of the molecule is COc1cccc(C(=O)CN(C)CC(N)=O)c1. The van der Waals surface area contributed by atoms with E-state index in [2.05, 4.69) is 0 Å². The number of ketones is 1. The highest BCUT2D eigenvalue weighted by atomic mass is 16.5. The molecule has 5 heteroatoms. The Balaban J connectivity index is 2.66. The van der Waals surface area contributed by atoms with Crippen LogP contribution in [0.25, 0.3) is 0 Å². The predicted molar refractivity (Wildman–Crippen MR) is 64.0 cm³/mol. The van der Waals surface area contributed by atoms with Gasteiger partial charge in [-0.05, 0) is 19.2 Å². The van der Waals surface area contributed by atoms with E-state index >= 15 is 0 Å². The largest absolute Gasteiger partial charge is 0.497 e. The summed E-state index contributed by atoms with van der Waals surface area (Å²) in [5, 5.41) is 0. The molecular weight excluding hydrogens is 220 g/mol. The highest BCUT2D eigenvalue weighted by Gasteiger charge is 2.11.